The number of hydrogen-bond acceptors (Lipinski definition) is 3. The van der Waals surface area contributed by atoms with Crippen LogP contribution in [0.4, 0.5) is 0 Å². The maximum absolute atomic E-state index is 11.6. The Bertz CT molecular complexity index is 309. The number of nitrogens with zero attached hydrogens (tertiary/aromatic N) is 3. The molecule has 13 heavy (non-hydrogen) atoms. The van der Waals surface area contributed by atoms with E-state index in [-0.39, 0.29) is 11.2 Å². The van der Waals surface area contributed by atoms with Crippen LogP contribution >= 0.6 is 0 Å². The molecular formula is C9H15N3O. The smallest absolute Gasteiger partial charge is 0.183 e. The van der Waals surface area contributed by atoms with Crippen LogP contribution in [0.5, 0.6) is 0 Å². The van der Waals surface area contributed by atoms with E-state index in [9.17, 15) is 4.79 Å². The lowest BCUT2D eigenvalue weighted by Crippen LogP contribution is -2.15. The zero-order valence-electron chi connectivity index (χ0n) is 8.53. The van der Waals surface area contributed by atoms with Gasteiger partial charge >= 0.3 is 0 Å². The van der Waals surface area contributed by atoms with Crippen molar-refractivity contribution in [1.82, 2.24) is 15.0 Å². The Balaban J connectivity index is 2.76. The van der Waals surface area contributed by atoms with E-state index in [1.165, 1.54) is 10.9 Å². The first-order chi connectivity index (χ1) is 5.90. The molecule has 0 saturated heterocycles. The number of aromatic nitrogens is 3. The van der Waals surface area contributed by atoms with E-state index in [0.717, 1.165) is 0 Å². The Kier molecular flexibility index (Phi) is 2.50. The number of hydrogen-bond donors (Lipinski definition) is 0. The SMILES string of the molecule is Cn1nncc1C(=O)CC(C)(C)C. The maximum Gasteiger partial charge on any atom is 0.183 e. The third-order valence-electron chi connectivity index (χ3n) is 1.69. The summed E-state index contributed by atoms with van der Waals surface area (Å²) in [7, 11) is 1.73. The number of ketones is 1. The fourth-order valence-corrected chi connectivity index (χ4v) is 1.11. The lowest BCUT2D eigenvalue weighted by molar-refractivity contribution is 0.0930. The van der Waals surface area contributed by atoms with Gasteiger partial charge in [-0.1, -0.05) is 26.0 Å². The van der Waals surface area contributed by atoms with E-state index >= 15 is 0 Å². The highest BCUT2D eigenvalue weighted by atomic mass is 16.1. The molecule has 4 nitrogen and oxygen atoms in total. The van der Waals surface area contributed by atoms with Crippen molar-refractivity contribution in [2.24, 2.45) is 12.5 Å². The average Bonchev–Trinajstić information content (AvgIpc) is 2.30. The molecule has 0 radical (unpaired) electrons. The minimum Gasteiger partial charge on any atom is -0.292 e. The van der Waals surface area contributed by atoms with Crippen LogP contribution in [0.25, 0.3) is 0 Å². The first kappa shape index (κ1) is 9.89. The molecule has 1 heterocycles. The Morgan fingerprint density at radius 1 is 1.54 bits per heavy atom. The maximum atomic E-state index is 11.6. The predicted octanol–water partition coefficient (Wildman–Crippen LogP) is 1.43. The Labute approximate surface area is 77.9 Å². The number of carbonyl (C=O) groups is 1. The highest BCUT2D eigenvalue weighted by Gasteiger charge is 2.19. The quantitative estimate of drug-likeness (QED) is 0.648. The van der Waals surface area contributed by atoms with Crippen molar-refractivity contribution < 1.29 is 4.79 Å². The molecule has 0 aliphatic rings. The molecule has 0 unspecified atom stereocenters. The van der Waals surface area contributed by atoms with Gasteiger partial charge in [-0.2, -0.15) is 0 Å². The summed E-state index contributed by atoms with van der Waals surface area (Å²) in [6, 6.07) is 0. The van der Waals surface area contributed by atoms with Gasteiger partial charge in [-0.05, 0) is 5.41 Å². The van der Waals surface area contributed by atoms with Gasteiger partial charge < -0.3 is 0 Å². The highest BCUT2D eigenvalue weighted by Crippen LogP contribution is 2.20. The van der Waals surface area contributed by atoms with Gasteiger partial charge in [-0.3, -0.25) is 4.79 Å². The van der Waals surface area contributed by atoms with Gasteiger partial charge in [0.05, 0.1) is 6.20 Å². The van der Waals surface area contributed by atoms with Gasteiger partial charge in [-0.15, -0.1) is 5.10 Å². The van der Waals surface area contributed by atoms with Crippen LogP contribution in [0.15, 0.2) is 6.20 Å². The van der Waals surface area contributed by atoms with Crippen LogP contribution in [0, 0.1) is 5.41 Å². The number of rotatable bonds is 2. The minimum atomic E-state index is 0.0152. The lowest BCUT2D eigenvalue weighted by Gasteiger charge is -2.16. The molecule has 0 fully saturated rings. The van der Waals surface area contributed by atoms with Crippen molar-refractivity contribution in [1.29, 1.82) is 0 Å². The third-order valence-corrected chi connectivity index (χ3v) is 1.69. The Morgan fingerprint density at radius 3 is 2.54 bits per heavy atom. The molecule has 0 aromatic carbocycles. The molecule has 72 valence electrons. The molecule has 0 amide bonds. The summed E-state index contributed by atoms with van der Waals surface area (Å²) in [6.45, 7) is 6.11. The number of Topliss-reactive ketones (excluding diaryl/α,β-unsaturated/α-hetero) is 1. The van der Waals surface area contributed by atoms with Crippen LogP contribution in [-0.4, -0.2) is 20.8 Å². The largest absolute Gasteiger partial charge is 0.292 e. The monoisotopic (exact) mass is 181 g/mol. The Hall–Kier alpha value is -1.19. The van der Waals surface area contributed by atoms with Gasteiger partial charge in [0.2, 0.25) is 0 Å². The predicted molar refractivity (Wildman–Crippen MR) is 49.4 cm³/mol. The molecule has 0 aliphatic carbocycles. The van der Waals surface area contributed by atoms with Gasteiger partial charge in [0.25, 0.3) is 0 Å². The first-order valence-corrected chi connectivity index (χ1v) is 4.28. The second-order valence-corrected chi connectivity index (χ2v) is 4.40. The molecule has 0 atom stereocenters. The van der Waals surface area contributed by atoms with E-state index in [0.29, 0.717) is 12.1 Å². The summed E-state index contributed by atoms with van der Waals surface area (Å²) in [4.78, 5) is 11.6. The van der Waals surface area contributed by atoms with Crippen molar-refractivity contribution >= 4 is 5.78 Å². The third kappa shape index (κ3) is 2.65. The zero-order chi connectivity index (χ0) is 10.1. The fraction of sp³-hybridized carbons (Fsp3) is 0.667. The van der Waals surface area contributed by atoms with Crippen LogP contribution in [0.2, 0.25) is 0 Å². The molecule has 0 N–H and O–H groups in total. The van der Waals surface area contributed by atoms with Crippen molar-refractivity contribution in [3.8, 4) is 0 Å². The normalized spacial score (nSPS) is 11.7. The lowest BCUT2D eigenvalue weighted by atomic mass is 9.89. The van der Waals surface area contributed by atoms with E-state index in [2.05, 4.69) is 10.3 Å². The zero-order valence-corrected chi connectivity index (χ0v) is 8.53. The molecule has 0 spiro atoms. The van der Waals surface area contributed by atoms with Gasteiger partial charge in [-0.25, -0.2) is 4.68 Å². The second kappa shape index (κ2) is 3.28. The van der Waals surface area contributed by atoms with Crippen molar-refractivity contribution in [3.05, 3.63) is 11.9 Å². The average molecular weight is 181 g/mol. The summed E-state index contributed by atoms with van der Waals surface area (Å²) < 4.78 is 1.51. The number of aryl methyl sites for hydroxylation is 1. The molecule has 0 saturated carbocycles. The van der Waals surface area contributed by atoms with Gasteiger partial charge in [0.15, 0.2) is 5.78 Å². The molecular weight excluding hydrogens is 166 g/mol. The molecule has 4 heteroatoms. The van der Waals surface area contributed by atoms with Crippen LogP contribution in [0.3, 0.4) is 0 Å². The van der Waals surface area contributed by atoms with E-state index < -0.39 is 0 Å². The number of carbonyl (C=O) groups excluding carboxylic acids is 1. The summed E-state index contributed by atoms with van der Waals surface area (Å²) in [5.74, 6) is 0.0972. The highest BCUT2D eigenvalue weighted by molar-refractivity contribution is 5.94. The van der Waals surface area contributed by atoms with Gasteiger partial charge in [0, 0.05) is 13.5 Å². The van der Waals surface area contributed by atoms with E-state index in [1.807, 2.05) is 20.8 Å². The van der Waals surface area contributed by atoms with Gasteiger partial charge in [0.1, 0.15) is 5.69 Å². The van der Waals surface area contributed by atoms with Crippen molar-refractivity contribution in [2.45, 2.75) is 27.2 Å². The first-order valence-electron chi connectivity index (χ1n) is 4.28. The van der Waals surface area contributed by atoms with Crippen LogP contribution in [0.1, 0.15) is 37.7 Å². The molecule has 1 rings (SSSR count). The molecule has 1 aromatic heterocycles. The van der Waals surface area contributed by atoms with E-state index in [4.69, 9.17) is 0 Å². The topological polar surface area (TPSA) is 47.8 Å². The second-order valence-electron chi connectivity index (χ2n) is 4.40. The van der Waals surface area contributed by atoms with E-state index in [1.54, 1.807) is 7.05 Å². The summed E-state index contributed by atoms with van der Waals surface area (Å²) in [6.07, 6.45) is 2.03. The molecule has 1 aromatic rings. The van der Waals surface area contributed by atoms with Crippen molar-refractivity contribution in [2.75, 3.05) is 0 Å². The summed E-state index contributed by atoms with van der Waals surface area (Å²) in [5, 5.41) is 7.38. The summed E-state index contributed by atoms with van der Waals surface area (Å²) >= 11 is 0. The molecule has 0 bridgehead atoms. The van der Waals surface area contributed by atoms with Crippen LogP contribution < -0.4 is 0 Å². The van der Waals surface area contributed by atoms with Crippen LogP contribution in [-0.2, 0) is 7.05 Å². The molecule has 0 aliphatic heterocycles. The Morgan fingerprint density at radius 2 is 2.15 bits per heavy atom. The minimum absolute atomic E-state index is 0.0152. The fourth-order valence-electron chi connectivity index (χ4n) is 1.11. The van der Waals surface area contributed by atoms with Crippen molar-refractivity contribution in [3.63, 3.8) is 0 Å². The summed E-state index contributed by atoms with van der Waals surface area (Å²) in [5.41, 5.74) is 0.594. The standard InChI is InChI=1S/C9H15N3O/c1-9(2,3)5-8(13)7-6-10-11-12(7)4/h6H,5H2,1-4H3.